The lowest BCUT2D eigenvalue weighted by Crippen LogP contribution is -1.90. The average Bonchev–Trinajstić information content (AvgIpc) is 2.20. The highest BCUT2D eigenvalue weighted by Crippen LogP contribution is 2.10. The molecule has 1 aromatic carbocycles. The molecule has 0 saturated heterocycles. The minimum Gasteiger partial charge on any atom is -0.167 e. The molecular formula is C12H12N2. The molecule has 0 N–H and O–H groups in total. The van der Waals surface area contributed by atoms with Crippen LogP contribution in [0, 0.1) is 18.8 Å². The lowest BCUT2D eigenvalue weighted by Gasteiger charge is -2.01. The fourth-order valence-electron chi connectivity index (χ4n) is 1.17. The number of benzene rings is 1. The minimum absolute atomic E-state index is 1.03. The molecule has 0 saturated carbocycles. The number of hydrogen-bond acceptors (Lipinski definition) is 2. The minimum atomic E-state index is 1.03. The standard InChI is InChI=1S/C12H12N2/c1-4-6-11-7-5-8-12(10(11)2)9-14-13-3/h5,7-9H,3H2,1-2H3/b14-9-. The Morgan fingerprint density at radius 1 is 1.43 bits per heavy atom. The molecule has 0 aliphatic rings. The summed E-state index contributed by atoms with van der Waals surface area (Å²) in [5.74, 6) is 5.91. The highest BCUT2D eigenvalue weighted by molar-refractivity contribution is 5.82. The molecule has 0 aromatic heterocycles. The van der Waals surface area contributed by atoms with Gasteiger partial charge < -0.3 is 0 Å². The van der Waals surface area contributed by atoms with E-state index in [1.165, 1.54) is 0 Å². The Bertz CT molecular complexity index is 420. The third-order valence-electron chi connectivity index (χ3n) is 1.91. The predicted octanol–water partition coefficient (Wildman–Crippen LogP) is 2.40. The molecule has 0 spiro atoms. The van der Waals surface area contributed by atoms with E-state index in [1.54, 1.807) is 6.21 Å². The van der Waals surface area contributed by atoms with Gasteiger partial charge >= 0.3 is 0 Å². The molecule has 1 rings (SSSR count). The fraction of sp³-hybridized carbons (Fsp3) is 0.167. The summed E-state index contributed by atoms with van der Waals surface area (Å²) in [4.78, 5) is 0. The number of rotatable bonds is 2. The number of nitrogens with zero attached hydrogens (tertiary/aromatic N) is 2. The Labute approximate surface area is 84.4 Å². The molecule has 14 heavy (non-hydrogen) atoms. The van der Waals surface area contributed by atoms with Crippen LogP contribution in [0.1, 0.15) is 23.6 Å². The molecule has 1 aromatic rings. The summed E-state index contributed by atoms with van der Waals surface area (Å²) in [5, 5.41) is 7.18. The molecule has 0 aliphatic carbocycles. The summed E-state index contributed by atoms with van der Waals surface area (Å²) in [6.07, 6.45) is 1.68. The molecule has 0 aliphatic heterocycles. The SMILES string of the molecule is C=N/N=C\c1cccc(C#CC)c1C. The van der Waals surface area contributed by atoms with Gasteiger partial charge in [-0.25, -0.2) is 0 Å². The molecule has 0 amide bonds. The summed E-state index contributed by atoms with van der Waals surface area (Å²) in [5.41, 5.74) is 3.17. The molecule has 2 heteroatoms. The lowest BCUT2D eigenvalue weighted by atomic mass is 10.0. The molecule has 0 bridgehead atoms. The Balaban J connectivity index is 3.17. The smallest absolute Gasteiger partial charge is 0.0570 e. The number of hydrogen-bond donors (Lipinski definition) is 0. The van der Waals surface area contributed by atoms with Gasteiger partial charge in [0, 0.05) is 12.3 Å². The Morgan fingerprint density at radius 2 is 2.21 bits per heavy atom. The van der Waals surface area contributed by atoms with Crippen LogP contribution in [0.15, 0.2) is 28.4 Å². The van der Waals surface area contributed by atoms with E-state index in [0.29, 0.717) is 0 Å². The van der Waals surface area contributed by atoms with E-state index in [0.717, 1.165) is 16.7 Å². The monoisotopic (exact) mass is 184 g/mol. The molecule has 2 nitrogen and oxygen atoms in total. The second-order valence-corrected chi connectivity index (χ2v) is 2.78. The van der Waals surface area contributed by atoms with Crippen molar-refractivity contribution in [3.63, 3.8) is 0 Å². The normalized spacial score (nSPS) is 9.57. The molecular weight excluding hydrogens is 172 g/mol. The van der Waals surface area contributed by atoms with E-state index < -0.39 is 0 Å². The topological polar surface area (TPSA) is 24.7 Å². The third kappa shape index (κ3) is 2.30. The second kappa shape index (κ2) is 4.98. The highest BCUT2D eigenvalue weighted by atomic mass is 15.2. The van der Waals surface area contributed by atoms with E-state index in [1.807, 2.05) is 32.0 Å². The summed E-state index contributed by atoms with van der Waals surface area (Å²) in [6.45, 7) is 7.13. The largest absolute Gasteiger partial charge is 0.167 e. The van der Waals surface area contributed by atoms with Gasteiger partial charge in [0.25, 0.3) is 0 Å². The van der Waals surface area contributed by atoms with Crippen LogP contribution in [-0.2, 0) is 0 Å². The maximum atomic E-state index is 3.74. The summed E-state index contributed by atoms with van der Waals surface area (Å²) in [7, 11) is 0. The zero-order valence-electron chi connectivity index (χ0n) is 8.41. The van der Waals surface area contributed by atoms with Crippen LogP contribution in [-0.4, -0.2) is 12.9 Å². The summed E-state index contributed by atoms with van der Waals surface area (Å²) in [6, 6.07) is 5.92. The van der Waals surface area contributed by atoms with Crippen LogP contribution in [0.3, 0.4) is 0 Å². The van der Waals surface area contributed by atoms with Gasteiger partial charge in [-0.05, 0) is 31.0 Å². The first kappa shape index (κ1) is 10.2. The van der Waals surface area contributed by atoms with Crippen LogP contribution >= 0.6 is 0 Å². The van der Waals surface area contributed by atoms with Crippen molar-refractivity contribution in [3.05, 3.63) is 34.9 Å². The maximum Gasteiger partial charge on any atom is 0.0570 e. The van der Waals surface area contributed by atoms with Crippen LogP contribution in [0.25, 0.3) is 0 Å². The van der Waals surface area contributed by atoms with E-state index >= 15 is 0 Å². The van der Waals surface area contributed by atoms with Gasteiger partial charge in [0.1, 0.15) is 0 Å². The van der Waals surface area contributed by atoms with Gasteiger partial charge in [-0.3, -0.25) is 0 Å². The first-order valence-electron chi connectivity index (χ1n) is 4.31. The molecule has 0 atom stereocenters. The quantitative estimate of drug-likeness (QED) is 0.383. The molecule has 0 heterocycles. The third-order valence-corrected chi connectivity index (χ3v) is 1.91. The van der Waals surface area contributed by atoms with Gasteiger partial charge in [-0.1, -0.05) is 18.1 Å². The van der Waals surface area contributed by atoms with Crippen LogP contribution < -0.4 is 0 Å². The van der Waals surface area contributed by atoms with Crippen molar-refractivity contribution in [1.82, 2.24) is 0 Å². The molecule has 0 fully saturated rings. The van der Waals surface area contributed by atoms with Gasteiger partial charge in [0.05, 0.1) is 6.21 Å². The maximum absolute atomic E-state index is 3.74. The zero-order valence-corrected chi connectivity index (χ0v) is 8.41. The fourth-order valence-corrected chi connectivity index (χ4v) is 1.17. The molecule has 0 unspecified atom stereocenters. The summed E-state index contributed by atoms with van der Waals surface area (Å²) >= 11 is 0. The van der Waals surface area contributed by atoms with E-state index in [2.05, 4.69) is 28.8 Å². The Morgan fingerprint density at radius 3 is 2.86 bits per heavy atom. The van der Waals surface area contributed by atoms with Crippen LogP contribution in [0.2, 0.25) is 0 Å². The van der Waals surface area contributed by atoms with Gasteiger partial charge in [0.2, 0.25) is 0 Å². The lowest BCUT2D eigenvalue weighted by molar-refractivity contribution is 1.27. The van der Waals surface area contributed by atoms with Gasteiger partial charge in [-0.2, -0.15) is 10.2 Å². The molecule has 0 radical (unpaired) electrons. The van der Waals surface area contributed by atoms with Gasteiger partial charge in [0.15, 0.2) is 0 Å². The van der Waals surface area contributed by atoms with E-state index in [-0.39, 0.29) is 0 Å². The van der Waals surface area contributed by atoms with Crippen molar-refractivity contribution >= 4 is 12.9 Å². The average molecular weight is 184 g/mol. The second-order valence-electron chi connectivity index (χ2n) is 2.78. The van der Waals surface area contributed by atoms with Crippen LogP contribution in [0.5, 0.6) is 0 Å². The van der Waals surface area contributed by atoms with Crippen molar-refractivity contribution in [1.29, 1.82) is 0 Å². The first-order valence-corrected chi connectivity index (χ1v) is 4.31. The van der Waals surface area contributed by atoms with Crippen molar-refractivity contribution < 1.29 is 0 Å². The first-order chi connectivity index (χ1) is 6.79. The van der Waals surface area contributed by atoms with Gasteiger partial charge in [-0.15, -0.1) is 5.92 Å². The van der Waals surface area contributed by atoms with Crippen molar-refractivity contribution in [3.8, 4) is 11.8 Å². The highest BCUT2D eigenvalue weighted by Gasteiger charge is 1.98. The van der Waals surface area contributed by atoms with Crippen LogP contribution in [0.4, 0.5) is 0 Å². The van der Waals surface area contributed by atoms with E-state index in [4.69, 9.17) is 0 Å². The predicted molar refractivity (Wildman–Crippen MR) is 60.9 cm³/mol. The zero-order chi connectivity index (χ0) is 10.4. The van der Waals surface area contributed by atoms with Crippen molar-refractivity contribution in [2.45, 2.75) is 13.8 Å². The Kier molecular flexibility index (Phi) is 3.63. The van der Waals surface area contributed by atoms with Crippen molar-refractivity contribution in [2.24, 2.45) is 10.2 Å². The van der Waals surface area contributed by atoms with E-state index in [9.17, 15) is 0 Å². The van der Waals surface area contributed by atoms with Crippen molar-refractivity contribution in [2.75, 3.05) is 0 Å². The summed E-state index contributed by atoms with van der Waals surface area (Å²) < 4.78 is 0. The molecule has 70 valence electrons. The Hall–Kier alpha value is -1.88.